The first-order valence-electron chi connectivity index (χ1n) is 7.93. The van der Waals surface area contributed by atoms with Gasteiger partial charge in [-0.1, -0.05) is 30.3 Å². The van der Waals surface area contributed by atoms with Crippen LogP contribution in [0.25, 0.3) is 21.5 Å². The zero-order valence-electron chi connectivity index (χ0n) is 13.8. The molecule has 4 aromatic rings. The predicted octanol–water partition coefficient (Wildman–Crippen LogP) is 3.61. The van der Waals surface area contributed by atoms with Gasteiger partial charge in [-0.15, -0.1) is 11.3 Å². The first-order valence-corrected chi connectivity index (χ1v) is 8.75. The number of hydrogen-bond acceptors (Lipinski definition) is 5. The predicted molar refractivity (Wildman–Crippen MR) is 103 cm³/mol. The van der Waals surface area contributed by atoms with Crippen LogP contribution >= 0.6 is 11.3 Å². The number of anilines is 1. The van der Waals surface area contributed by atoms with E-state index in [2.05, 4.69) is 20.3 Å². The molecule has 2 aromatic heterocycles. The maximum atomic E-state index is 12.7. The Bertz CT molecular complexity index is 1170. The lowest BCUT2D eigenvalue weighted by atomic mass is 10.2. The van der Waals surface area contributed by atoms with Crippen LogP contribution in [-0.4, -0.2) is 20.9 Å². The molecule has 1 amide bonds. The first-order chi connectivity index (χ1) is 12.6. The van der Waals surface area contributed by atoms with Crippen LogP contribution in [-0.2, 0) is 0 Å². The fraction of sp³-hybridized carbons (Fsp3) is 0.0526. The van der Waals surface area contributed by atoms with Crippen molar-refractivity contribution < 1.29 is 4.79 Å². The van der Waals surface area contributed by atoms with E-state index in [1.807, 2.05) is 37.3 Å². The Morgan fingerprint density at radius 2 is 1.96 bits per heavy atom. The fourth-order valence-electron chi connectivity index (χ4n) is 2.65. The minimum atomic E-state index is -0.248. The van der Waals surface area contributed by atoms with Gasteiger partial charge in [-0.05, 0) is 25.1 Å². The quantitative estimate of drug-likeness (QED) is 0.583. The summed E-state index contributed by atoms with van der Waals surface area (Å²) < 4.78 is 0. The van der Waals surface area contributed by atoms with Gasteiger partial charge in [0, 0.05) is 11.3 Å². The highest BCUT2D eigenvalue weighted by molar-refractivity contribution is 7.17. The van der Waals surface area contributed by atoms with E-state index in [9.17, 15) is 9.59 Å². The zero-order chi connectivity index (χ0) is 18.1. The van der Waals surface area contributed by atoms with Crippen LogP contribution in [0.15, 0.2) is 59.7 Å². The lowest BCUT2D eigenvalue weighted by Gasteiger charge is -2.05. The second kappa shape index (κ2) is 6.53. The standard InChI is InChI=1S/C19H14N4O2S/c1-11-16(26-19(22-11)12-5-3-2-4-6-12)18(25)23-13-7-8-15-14(9-13)17(24)21-10-20-15/h2-10H,1H3,(H,23,25)(H,20,21,24). The van der Waals surface area contributed by atoms with Gasteiger partial charge in [-0.3, -0.25) is 9.59 Å². The van der Waals surface area contributed by atoms with Crippen molar-refractivity contribution in [3.05, 3.63) is 75.8 Å². The second-order valence-electron chi connectivity index (χ2n) is 5.72. The first kappa shape index (κ1) is 16.2. The summed E-state index contributed by atoms with van der Waals surface area (Å²) in [6, 6.07) is 14.8. The van der Waals surface area contributed by atoms with Crippen LogP contribution in [0.5, 0.6) is 0 Å². The molecule has 0 fully saturated rings. The molecule has 2 aromatic carbocycles. The van der Waals surface area contributed by atoms with Crippen molar-refractivity contribution in [3.63, 3.8) is 0 Å². The van der Waals surface area contributed by atoms with Crippen LogP contribution in [0.1, 0.15) is 15.4 Å². The normalized spacial score (nSPS) is 10.8. The Hall–Kier alpha value is -3.32. The number of amides is 1. The van der Waals surface area contributed by atoms with Crippen LogP contribution in [0.3, 0.4) is 0 Å². The van der Waals surface area contributed by atoms with Crippen molar-refractivity contribution >= 4 is 33.8 Å². The minimum absolute atomic E-state index is 0.244. The SMILES string of the molecule is Cc1nc(-c2ccccc2)sc1C(=O)Nc1ccc2nc[nH]c(=O)c2c1. The third-order valence-corrected chi connectivity index (χ3v) is 5.13. The summed E-state index contributed by atoms with van der Waals surface area (Å²) in [4.78, 5) is 36.2. The fourth-order valence-corrected chi connectivity index (χ4v) is 3.61. The summed E-state index contributed by atoms with van der Waals surface area (Å²) in [6.45, 7) is 1.81. The van der Waals surface area contributed by atoms with E-state index in [0.717, 1.165) is 10.6 Å². The zero-order valence-corrected chi connectivity index (χ0v) is 14.6. The summed E-state index contributed by atoms with van der Waals surface area (Å²) in [7, 11) is 0. The molecule has 0 aliphatic heterocycles. The summed E-state index contributed by atoms with van der Waals surface area (Å²) >= 11 is 1.34. The highest BCUT2D eigenvalue weighted by Crippen LogP contribution is 2.28. The van der Waals surface area contributed by atoms with E-state index in [1.54, 1.807) is 18.2 Å². The molecule has 0 bridgehead atoms. The molecule has 2 N–H and O–H groups in total. The van der Waals surface area contributed by atoms with Crippen LogP contribution in [0.2, 0.25) is 0 Å². The van der Waals surface area contributed by atoms with E-state index >= 15 is 0 Å². The molecule has 26 heavy (non-hydrogen) atoms. The average molecular weight is 362 g/mol. The number of rotatable bonds is 3. The van der Waals surface area contributed by atoms with Gasteiger partial charge in [0.2, 0.25) is 0 Å². The number of benzene rings is 2. The number of hydrogen-bond donors (Lipinski definition) is 2. The van der Waals surface area contributed by atoms with Gasteiger partial charge in [0.1, 0.15) is 9.88 Å². The molecule has 0 radical (unpaired) electrons. The molecular weight excluding hydrogens is 348 g/mol. The molecule has 4 rings (SSSR count). The molecule has 6 nitrogen and oxygen atoms in total. The van der Waals surface area contributed by atoms with Crippen LogP contribution in [0.4, 0.5) is 5.69 Å². The molecule has 7 heteroatoms. The molecule has 2 heterocycles. The van der Waals surface area contributed by atoms with Gasteiger partial charge in [-0.25, -0.2) is 9.97 Å². The molecule has 0 saturated carbocycles. The van der Waals surface area contributed by atoms with E-state index in [1.165, 1.54) is 17.7 Å². The van der Waals surface area contributed by atoms with Crippen molar-refractivity contribution in [2.24, 2.45) is 0 Å². The second-order valence-corrected chi connectivity index (χ2v) is 6.72. The summed E-state index contributed by atoms with van der Waals surface area (Å²) in [5.74, 6) is -0.248. The lowest BCUT2D eigenvalue weighted by Crippen LogP contribution is -2.12. The van der Waals surface area contributed by atoms with Crippen molar-refractivity contribution in [2.75, 3.05) is 5.32 Å². The number of nitrogens with one attached hydrogen (secondary N) is 2. The number of aromatic amines is 1. The van der Waals surface area contributed by atoms with Crippen molar-refractivity contribution in [1.29, 1.82) is 0 Å². The molecule has 128 valence electrons. The molecule has 0 atom stereocenters. The highest BCUT2D eigenvalue weighted by atomic mass is 32.1. The van der Waals surface area contributed by atoms with Crippen LogP contribution in [0, 0.1) is 6.92 Å². The Labute approximate surface area is 152 Å². The average Bonchev–Trinajstić information content (AvgIpc) is 3.05. The van der Waals surface area contributed by atoms with E-state index in [0.29, 0.717) is 27.2 Å². The summed E-state index contributed by atoms with van der Waals surface area (Å²) in [6.07, 6.45) is 1.36. The minimum Gasteiger partial charge on any atom is -0.321 e. The molecular formula is C19H14N4O2S. The van der Waals surface area contributed by atoms with Crippen molar-refractivity contribution in [1.82, 2.24) is 15.0 Å². The van der Waals surface area contributed by atoms with Gasteiger partial charge < -0.3 is 10.3 Å². The Morgan fingerprint density at radius 3 is 2.77 bits per heavy atom. The molecule has 0 spiro atoms. The highest BCUT2D eigenvalue weighted by Gasteiger charge is 2.16. The smallest absolute Gasteiger partial charge is 0.267 e. The van der Waals surface area contributed by atoms with Gasteiger partial charge in [0.25, 0.3) is 11.5 Å². The van der Waals surface area contributed by atoms with E-state index in [-0.39, 0.29) is 11.5 Å². The number of thiazole rings is 1. The Kier molecular flexibility index (Phi) is 4.06. The molecule has 0 aliphatic rings. The topological polar surface area (TPSA) is 87.7 Å². The van der Waals surface area contributed by atoms with Gasteiger partial charge in [-0.2, -0.15) is 0 Å². The molecule has 0 aliphatic carbocycles. The number of fused-ring (bicyclic) bond motifs is 1. The molecule has 0 unspecified atom stereocenters. The van der Waals surface area contributed by atoms with Gasteiger partial charge in [0.05, 0.1) is 22.9 Å². The van der Waals surface area contributed by atoms with Gasteiger partial charge in [0.15, 0.2) is 0 Å². The Morgan fingerprint density at radius 1 is 1.15 bits per heavy atom. The van der Waals surface area contributed by atoms with Crippen molar-refractivity contribution in [3.8, 4) is 10.6 Å². The van der Waals surface area contributed by atoms with Crippen LogP contribution < -0.4 is 10.9 Å². The monoisotopic (exact) mass is 362 g/mol. The number of aromatic nitrogens is 3. The number of carbonyl (C=O) groups is 1. The maximum Gasteiger partial charge on any atom is 0.267 e. The van der Waals surface area contributed by atoms with Gasteiger partial charge >= 0.3 is 0 Å². The van der Waals surface area contributed by atoms with Crippen molar-refractivity contribution in [2.45, 2.75) is 6.92 Å². The number of H-pyrrole nitrogens is 1. The third-order valence-electron chi connectivity index (χ3n) is 3.92. The summed E-state index contributed by atoms with van der Waals surface area (Å²) in [5.41, 5.74) is 2.52. The number of carbonyl (C=O) groups excluding carboxylic acids is 1. The van der Waals surface area contributed by atoms with E-state index in [4.69, 9.17) is 0 Å². The van der Waals surface area contributed by atoms with E-state index < -0.39 is 0 Å². The third kappa shape index (κ3) is 3.00. The largest absolute Gasteiger partial charge is 0.321 e. The number of aryl methyl sites for hydroxylation is 1. The summed E-state index contributed by atoms with van der Waals surface area (Å²) in [5, 5.41) is 4.06. The Balaban J connectivity index is 1.64. The number of nitrogens with zero attached hydrogens (tertiary/aromatic N) is 2. The maximum absolute atomic E-state index is 12.7. The molecule has 0 saturated heterocycles. The lowest BCUT2D eigenvalue weighted by molar-refractivity contribution is 0.103.